The molecule has 0 N–H and O–H groups in total. The van der Waals surface area contributed by atoms with Crippen molar-refractivity contribution in [1.29, 1.82) is 0 Å². The number of unbranched alkanes of at least 4 members (excludes halogenated alkanes) is 9. The van der Waals surface area contributed by atoms with Gasteiger partial charge in [0.1, 0.15) is 0 Å². The van der Waals surface area contributed by atoms with Gasteiger partial charge in [-0.25, -0.2) is 4.39 Å². The predicted molar refractivity (Wildman–Crippen MR) is 62.1 cm³/mol. The van der Waals surface area contributed by atoms with Crippen LogP contribution in [0.15, 0.2) is 12.4 Å². The van der Waals surface area contributed by atoms with Crippen molar-refractivity contribution in [3.63, 3.8) is 0 Å². The Morgan fingerprint density at radius 3 is 1.79 bits per heavy atom. The van der Waals surface area contributed by atoms with E-state index < -0.39 is 0 Å². The number of hydrogen-bond donors (Lipinski definition) is 0. The summed E-state index contributed by atoms with van der Waals surface area (Å²) >= 11 is 0. The molecule has 0 amide bonds. The zero-order valence-corrected chi connectivity index (χ0v) is 9.60. The maximum atomic E-state index is 11.6. The molecule has 14 heavy (non-hydrogen) atoms. The topological polar surface area (TPSA) is 0 Å². The fraction of sp³-hybridized carbons (Fsp3) is 0.846. The second-order valence-electron chi connectivity index (χ2n) is 3.98. The van der Waals surface area contributed by atoms with E-state index in [2.05, 4.69) is 6.92 Å². The molecule has 0 spiro atoms. The summed E-state index contributed by atoms with van der Waals surface area (Å²) in [5.41, 5.74) is 0. The van der Waals surface area contributed by atoms with Gasteiger partial charge in [0.05, 0.1) is 6.33 Å². The summed E-state index contributed by atoms with van der Waals surface area (Å²) in [5, 5.41) is 0. The van der Waals surface area contributed by atoms with Gasteiger partial charge >= 0.3 is 0 Å². The molecule has 84 valence electrons. The van der Waals surface area contributed by atoms with Gasteiger partial charge in [-0.1, -0.05) is 64.4 Å². The summed E-state index contributed by atoms with van der Waals surface area (Å²) in [6.45, 7) is 2.25. The molecule has 1 heteroatoms. The Hall–Kier alpha value is -0.330. The molecule has 0 radical (unpaired) electrons. The highest BCUT2D eigenvalue weighted by Crippen LogP contribution is 2.10. The van der Waals surface area contributed by atoms with Gasteiger partial charge in [0.25, 0.3) is 0 Å². The van der Waals surface area contributed by atoms with E-state index >= 15 is 0 Å². The van der Waals surface area contributed by atoms with E-state index in [-0.39, 0.29) is 0 Å². The average molecular weight is 200 g/mol. The fourth-order valence-electron chi connectivity index (χ4n) is 1.64. The zero-order chi connectivity index (χ0) is 10.5. The zero-order valence-electron chi connectivity index (χ0n) is 9.60. The first-order valence-corrected chi connectivity index (χ1v) is 6.17. The molecule has 0 saturated carbocycles. The minimum absolute atomic E-state index is 0.657. The first-order valence-electron chi connectivity index (χ1n) is 6.17. The molecule has 0 fully saturated rings. The van der Waals surface area contributed by atoms with Crippen molar-refractivity contribution in [3.05, 3.63) is 12.4 Å². The first-order chi connectivity index (χ1) is 6.91. The van der Waals surface area contributed by atoms with Crippen LogP contribution in [-0.4, -0.2) is 0 Å². The maximum Gasteiger partial charge on any atom is 0.0827 e. The van der Waals surface area contributed by atoms with Crippen LogP contribution in [-0.2, 0) is 0 Å². The monoisotopic (exact) mass is 200 g/mol. The Balaban J connectivity index is 2.85. The molecular weight excluding hydrogens is 175 g/mol. The molecule has 0 aromatic heterocycles. The lowest BCUT2D eigenvalue weighted by atomic mass is 10.1. The number of rotatable bonds is 10. The summed E-state index contributed by atoms with van der Waals surface area (Å²) in [6.07, 6.45) is 15.2. The maximum absolute atomic E-state index is 11.6. The predicted octanol–water partition coefficient (Wildman–Crippen LogP) is 5.39. The second-order valence-corrected chi connectivity index (χ2v) is 3.98. The van der Waals surface area contributed by atoms with Crippen LogP contribution in [0, 0.1) is 0 Å². The summed E-state index contributed by atoms with van der Waals surface area (Å²) in [4.78, 5) is 0. The highest BCUT2D eigenvalue weighted by molar-refractivity contribution is 4.71. The van der Waals surface area contributed by atoms with Gasteiger partial charge in [-0.2, -0.15) is 0 Å². The number of allylic oxidation sites excluding steroid dienone is 1. The normalized spacial score (nSPS) is 11.3. The van der Waals surface area contributed by atoms with Gasteiger partial charge in [0.15, 0.2) is 0 Å². The van der Waals surface area contributed by atoms with Crippen molar-refractivity contribution in [2.75, 3.05) is 0 Å². The van der Waals surface area contributed by atoms with Crippen molar-refractivity contribution < 1.29 is 4.39 Å². The molecule has 0 unspecified atom stereocenters. The third-order valence-corrected chi connectivity index (χ3v) is 2.56. The number of halogens is 1. The van der Waals surface area contributed by atoms with Crippen molar-refractivity contribution >= 4 is 0 Å². The summed E-state index contributed by atoms with van der Waals surface area (Å²) in [7, 11) is 0. The minimum atomic E-state index is 0.657. The van der Waals surface area contributed by atoms with Gasteiger partial charge in [0.2, 0.25) is 0 Å². The van der Waals surface area contributed by atoms with Gasteiger partial charge in [-0.3, -0.25) is 0 Å². The van der Waals surface area contributed by atoms with E-state index in [1.165, 1.54) is 51.4 Å². The third-order valence-electron chi connectivity index (χ3n) is 2.56. The Morgan fingerprint density at radius 1 is 0.786 bits per heavy atom. The third kappa shape index (κ3) is 11.7. The number of hydrogen-bond acceptors (Lipinski definition) is 0. The van der Waals surface area contributed by atoms with Crippen LogP contribution in [0.3, 0.4) is 0 Å². The van der Waals surface area contributed by atoms with Crippen LogP contribution in [0.4, 0.5) is 4.39 Å². The highest BCUT2D eigenvalue weighted by atomic mass is 19.1. The quantitative estimate of drug-likeness (QED) is 0.415. The molecule has 0 rings (SSSR count). The first kappa shape index (κ1) is 13.7. The van der Waals surface area contributed by atoms with E-state index in [1.807, 2.05) is 0 Å². The standard InChI is InChI=1S/C13H25F/c1-2-3-4-5-6-7-8-9-10-11-12-13-14/h12-13H,2-11H2,1H3/b13-12+. The Morgan fingerprint density at radius 2 is 1.29 bits per heavy atom. The molecule has 0 heterocycles. The molecule has 0 aliphatic rings. The Kier molecular flexibility index (Phi) is 12.4. The lowest BCUT2D eigenvalue weighted by Crippen LogP contribution is -1.80. The minimum Gasteiger partial charge on any atom is -0.216 e. The molecule has 0 atom stereocenters. The van der Waals surface area contributed by atoms with E-state index in [0.717, 1.165) is 12.8 Å². The average Bonchev–Trinajstić information content (AvgIpc) is 2.21. The van der Waals surface area contributed by atoms with Gasteiger partial charge in [0, 0.05) is 0 Å². The van der Waals surface area contributed by atoms with Crippen molar-refractivity contribution in [3.8, 4) is 0 Å². The molecule has 0 aromatic carbocycles. The molecule has 0 saturated heterocycles. The summed E-state index contributed by atoms with van der Waals surface area (Å²) < 4.78 is 11.6. The SMILES string of the molecule is CCCCCCCCCCC/C=C/F. The van der Waals surface area contributed by atoms with Crippen LogP contribution >= 0.6 is 0 Å². The molecule has 0 nitrogen and oxygen atoms in total. The summed E-state index contributed by atoms with van der Waals surface area (Å²) in [5.74, 6) is 0. The van der Waals surface area contributed by atoms with E-state index in [1.54, 1.807) is 6.08 Å². The van der Waals surface area contributed by atoms with Crippen LogP contribution in [0.1, 0.15) is 71.1 Å². The van der Waals surface area contributed by atoms with Crippen LogP contribution < -0.4 is 0 Å². The molecular formula is C13H25F. The van der Waals surface area contributed by atoms with E-state index in [0.29, 0.717) is 6.33 Å². The molecule has 0 aliphatic heterocycles. The lowest BCUT2D eigenvalue weighted by molar-refractivity contribution is 0.565. The van der Waals surface area contributed by atoms with Crippen LogP contribution in [0.5, 0.6) is 0 Å². The lowest BCUT2D eigenvalue weighted by Gasteiger charge is -2.00. The van der Waals surface area contributed by atoms with Crippen LogP contribution in [0.25, 0.3) is 0 Å². The fourth-order valence-corrected chi connectivity index (χ4v) is 1.64. The molecule has 0 aromatic rings. The Bertz CT molecular complexity index is 118. The van der Waals surface area contributed by atoms with Gasteiger partial charge in [-0.05, 0) is 12.8 Å². The van der Waals surface area contributed by atoms with Gasteiger partial charge < -0.3 is 0 Å². The smallest absolute Gasteiger partial charge is 0.0827 e. The van der Waals surface area contributed by atoms with Crippen molar-refractivity contribution in [1.82, 2.24) is 0 Å². The van der Waals surface area contributed by atoms with E-state index in [9.17, 15) is 4.39 Å². The largest absolute Gasteiger partial charge is 0.216 e. The highest BCUT2D eigenvalue weighted by Gasteiger charge is 1.90. The summed E-state index contributed by atoms with van der Waals surface area (Å²) in [6, 6.07) is 0. The second kappa shape index (κ2) is 12.7. The van der Waals surface area contributed by atoms with Gasteiger partial charge in [-0.15, -0.1) is 0 Å². The Labute approximate surface area is 88.6 Å². The molecule has 0 aliphatic carbocycles. The van der Waals surface area contributed by atoms with E-state index in [4.69, 9.17) is 0 Å². The van der Waals surface area contributed by atoms with Crippen LogP contribution in [0.2, 0.25) is 0 Å². The van der Waals surface area contributed by atoms with Crippen molar-refractivity contribution in [2.24, 2.45) is 0 Å². The molecule has 0 bridgehead atoms. The van der Waals surface area contributed by atoms with Crippen molar-refractivity contribution in [2.45, 2.75) is 71.1 Å².